The molecule has 2 heteroatoms. The lowest BCUT2D eigenvalue weighted by Crippen LogP contribution is -2.25. The van der Waals surface area contributed by atoms with E-state index in [9.17, 15) is 4.79 Å². The van der Waals surface area contributed by atoms with Gasteiger partial charge in [-0.1, -0.05) is 56.0 Å². The molecule has 1 aromatic carbocycles. The highest BCUT2D eigenvalue weighted by Crippen LogP contribution is 2.25. The molecule has 0 aliphatic heterocycles. The van der Waals surface area contributed by atoms with Crippen LogP contribution in [-0.2, 0) is 11.3 Å². The van der Waals surface area contributed by atoms with Gasteiger partial charge in [-0.05, 0) is 24.3 Å². The molecule has 1 aromatic rings. The molecule has 0 bridgehead atoms. The Morgan fingerprint density at radius 3 is 2.39 bits per heavy atom. The van der Waals surface area contributed by atoms with Crippen LogP contribution in [0.1, 0.15) is 50.5 Å². The smallest absolute Gasteiger partial charge is 0.220 e. The average Bonchev–Trinajstić information content (AvgIpc) is 2.66. The largest absolute Gasteiger partial charge is 0.352 e. The number of carbonyl (C=O) groups is 1. The number of benzene rings is 1. The van der Waals surface area contributed by atoms with Crippen LogP contribution in [0.2, 0.25) is 0 Å². The molecular weight excluding hydrogens is 222 g/mol. The molecular formula is C16H23NO. The Kier molecular flexibility index (Phi) is 5.25. The minimum Gasteiger partial charge on any atom is -0.352 e. The summed E-state index contributed by atoms with van der Waals surface area (Å²) in [5, 5.41) is 3.03. The zero-order valence-electron chi connectivity index (χ0n) is 11.0. The van der Waals surface area contributed by atoms with Crippen molar-refractivity contribution in [1.29, 1.82) is 0 Å². The molecule has 1 amide bonds. The Balaban J connectivity index is 1.71. The third-order valence-electron chi connectivity index (χ3n) is 3.78. The molecule has 1 fully saturated rings. The van der Waals surface area contributed by atoms with Gasteiger partial charge in [-0.15, -0.1) is 0 Å². The van der Waals surface area contributed by atoms with Gasteiger partial charge < -0.3 is 5.32 Å². The Bertz CT molecular complexity index is 353. The van der Waals surface area contributed by atoms with Crippen LogP contribution >= 0.6 is 0 Å². The van der Waals surface area contributed by atoms with Crippen LogP contribution in [0.4, 0.5) is 0 Å². The first kappa shape index (κ1) is 13.1. The van der Waals surface area contributed by atoms with Gasteiger partial charge in [0, 0.05) is 13.0 Å². The summed E-state index contributed by atoms with van der Waals surface area (Å²) in [4.78, 5) is 11.9. The fourth-order valence-electron chi connectivity index (χ4n) is 2.70. The molecule has 1 aliphatic rings. The summed E-state index contributed by atoms with van der Waals surface area (Å²) < 4.78 is 0. The second-order valence-corrected chi connectivity index (χ2v) is 5.32. The summed E-state index contributed by atoms with van der Waals surface area (Å²) in [5.41, 5.74) is 1.17. The maximum Gasteiger partial charge on any atom is 0.220 e. The van der Waals surface area contributed by atoms with Crippen LogP contribution in [-0.4, -0.2) is 5.91 Å². The van der Waals surface area contributed by atoms with Gasteiger partial charge >= 0.3 is 0 Å². The maximum atomic E-state index is 11.9. The molecule has 0 spiro atoms. The predicted octanol–water partition coefficient (Wildman–Crippen LogP) is 3.66. The van der Waals surface area contributed by atoms with Crippen LogP contribution in [0.3, 0.4) is 0 Å². The summed E-state index contributed by atoms with van der Waals surface area (Å²) >= 11 is 0. The Morgan fingerprint density at radius 2 is 1.72 bits per heavy atom. The molecule has 0 heterocycles. The molecule has 98 valence electrons. The van der Waals surface area contributed by atoms with Crippen molar-refractivity contribution in [1.82, 2.24) is 5.32 Å². The molecule has 0 saturated heterocycles. The maximum absolute atomic E-state index is 11.9. The molecule has 0 radical (unpaired) electrons. The van der Waals surface area contributed by atoms with Crippen LogP contribution in [0.15, 0.2) is 30.3 Å². The lowest BCUT2D eigenvalue weighted by atomic mass is 9.96. The molecule has 1 aliphatic carbocycles. The average molecular weight is 245 g/mol. The summed E-state index contributed by atoms with van der Waals surface area (Å²) in [6.45, 7) is 0.659. The lowest BCUT2D eigenvalue weighted by molar-refractivity contribution is -0.122. The van der Waals surface area contributed by atoms with E-state index in [1.165, 1.54) is 44.1 Å². The third kappa shape index (κ3) is 4.52. The van der Waals surface area contributed by atoms with Gasteiger partial charge in [-0.25, -0.2) is 0 Å². The molecule has 0 atom stereocenters. The van der Waals surface area contributed by atoms with Crippen molar-refractivity contribution < 1.29 is 4.79 Å². The van der Waals surface area contributed by atoms with Crippen molar-refractivity contribution in [3.8, 4) is 0 Å². The monoisotopic (exact) mass is 245 g/mol. The normalized spacial score (nSPS) is 17.1. The summed E-state index contributed by atoms with van der Waals surface area (Å²) in [5.74, 6) is 0.828. The van der Waals surface area contributed by atoms with E-state index in [1.807, 2.05) is 30.3 Å². The van der Waals surface area contributed by atoms with E-state index in [1.54, 1.807) is 0 Å². The van der Waals surface area contributed by atoms with Crippen molar-refractivity contribution in [2.45, 2.75) is 51.5 Å². The quantitative estimate of drug-likeness (QED) is 0.806. The number of carbonyl (C=O) groups excluding carboxylic acids is 1. The van der Waals surface area contributed by atoms with Crippen LogP contribution in [0.5, 0.6) is 0 Å². The van der Waals surface area contributed by atoms with E-state index in [4.69, 9.17) is 0 Å². The van der Waals surface area contributed by atoms with Gasteiger partial charge in [0.2, 0.25) is 5.91 Å². The van der Waals surface area contributed by atoms with Gasteiger partial charge in [-0.3, -0.25) is 4.79 Å². The van der Waals surface area contributed by atoms with Crippen molar-refractivity contribution >= 4 is 5.91 Å². The fraction of sp³-hybridized carbons (Fsp3) is 0.562. The van der Waals surface area contributed by atoms with E-state index in [-0.39, 0.29) is 5.91 Å². The number of nitrogens with one attached hydrogen (secondary N) is 1. The number of amides is 1. The van der Waals surface area contributed by atoms with Crippen LogP contribution < -0.4 is 5.32 Å². The second-order valence-electron chi connectivity index (χ2n) is 5.32. The Hall–Kier alpha value is -1.31. The van der Waals surface area contributed by atoms with E-state index in [0.717, 1.165) is 0 Å². The molecule has 1 saturated carbocycles. The van der Waals surface area contributed by atoms with E-state index in [0.29, 0.717) is 18.9 Å². The van der Waals surface area contributed by atoms with Gasteiger partial charge in [0.1, 0.15) is 0 Å². The molecule has 2 rings (SSSR count). The highest BCUT2D eigenvalue weighted by atomic mass is 16.1. The van der Waals surface area contributed by atoms with Crippen molar-refractivity contribution in [2.24, 2.45) is 5.92 Å². The minimum atomic E-state index is 0.214. The van der Waals surface area contributed by atoms with Crippen molar-refractivity contribution in [3.63, 3.8) is 0 Å². The first-order chi connectivity index (χ1) is 8.84. The Labute approximate surface area is 110 Å². The third-order valence-corrected chi connectivity index (χ3v) is 3.78. The van der Waals surface area contributed by atoms with Gasteiger partial charge in [-0.2, -0.15) is 0 Å². The standard InChI is InChI=1S/C16H23NO/c18-16(12-14-8-4-1-2-5-9-14)17-13-15-10-6-3-7-11-15/h3,6-7,10-11,14H,1-2,4-5,8-9,12-13H2,(H,17,18). The van der Waals surface area contributed by atoms with Gasteiger partial charge in [0.15, 0.2) is 0 Å². The Morgan fingerprint density at radius 1 is 1.06 bits per heavy atom. The topological polar surface area (TPSA) is 29.1 Å². The zero-order valence-corrected chi connectivity index (χ0v) is 11.0. The predicted molar refractivity (Wildman–Crippen MR) is 74.1 cm³/mol. The first-order valence-corrected chi connectivity index (χ1v) is 7.15. The molecule has 0 aromatic heterocycles. The van der Waals surface area contributed by atoms with Crippen molar-refractivity contribution in [2.75, 3.05) is 0 Å². The summed E-state index contributed by atoms with van der Waals surface area (Å²) in [6.07, 6.45) is 8.49. The number of hydrogen-bond acceptors (Lipinski definition) is 1. The first-order valence-electron chi connectivity index (χ1n) is 7.15. The highest BCUT2D eigenvalue weighted by molar-refractivity contribution is 5.76. The fourth-order valence-corrected chi connectivity index (χ4v) is 2.70. The lowest BCUT2D eigenvalue weighted by Gasteiger charge is -2.13. The zero-order chi connectivity index (χ0) is 12.6. The van der Waals surface area contributed by atoms with Crippen molar-refractivity contribution in [3.05, 3.63) is 35.9 Å². The van der Waals surface area contributed by atoms with E-state index >= 15 is 0 Å². The van der Waals surface area contributed by atoms with Gasteiger partial charge in [0.05, 0.1) is 0 Å². The molecule has 18 heavy (non-hydrogen) atoms. The summed E-state index contributed by atoms with van der Waals surface area (Å²) in [6, 6.07) is 10.1. The molecule has 2 nitrogen and oxygen atoms in total. The molecule has 1 N–H and O–H groups in total. The van der Waals surface area contributed by atoms with E-state index < -0.39 is 0 Å². The van der Waals surface area contributed by atoms with E-state index in [2.05, 4.69) is 5.32 Å². The SMILES string of the molecule is O=C(CC1CCCCCC1)NCc1ccccc1. The number of hydrogen-bond donors (Lipinski definition) is 1. The van der Waals surface area contributed by atoms with Crippen LogP contribution in [0.25, 0.3) is 0 Å². The second kappa shape index (κ2) is 7.20. The highest BCUT2D eigenvalue weighted by Gasteiger charge is 2.15. The van der Waals surface area contributed by atoms with Gasteiger partial charge in [0.25, 0.3) is 0 Å². The number of rotatable bonds is 4. The van der Waals surface area contributed by atoms with Crippen LogP contribution in [0, 0.1) is 5.92 Å². The molecule has 0 unspecified atom stereocenters. The summed E-state index contributed by atoms with van der Waals surface area (Å²) in [7, 11) is 0. The minimum absolute atomic E-state index is 0.214.